The van der Waals surface area contributed by atoms with Crippen molar-refractivity contribution in [2.75, 3.05) is 6.61 Å². The third-order valence-electron chi connectivity index (χ3n) is 22.9. The zero-order chi connectivity index (χ0) is 95.4. The van der Waals surface area contributed by atoms with Gasteiger partial charge in [0.15, 0.2) is 10.2 Å². The van der Waals surface area contributed by atoms with E-state index in [1.165, 1.54) is 79.5 Å². The second-order valence-electron chi connectivity index (χ2n) is 34.8. The molecule has 14 nitrogen and oxygen atoms in total. The molecule has 0 amide bonds. The minimum Gasteiger partial charge on any atom is -0.748 e. The van der Waals surface area contributed by atoms with E-state index in [1.807, 2.05) is 141 Å². The van der Waals surface area contributed by atoms with Crippen molar-refractivity contribution in [3.8, 4) is 11.5 Å². The fraction of sp³-hybridized carbons (Fsp3) is 0.472. The topological polar surface area (TPSA) is 234 Å². The van der Waals surface area contributed by atoms with Gasteiger partial charge in [-0.2, -0.15) is 0 Å². The number of aryl methyl sites for hydroxylation is 1. The lowest BCUT2D eigenvalue weighted by Crippen LogP contribution is -3.34. The van der Waals surface area contributed by atoms with E-state index >= 15 is 0 Å². The van der Waals surface area contributed by atoms with Crippen molar-refractivity contribution < 1.29 is 87.3 Å². The van der Waals surface area contributed by atoms with Gasteiger partial charge in [0, 0.05) is 0 Å². The molecule has 1 aliphatic carbocycles. The van der Waals surface area contributed by atoms with Gasteiger partial charge in [0.05, 0.1) is 32.2 Å². The number of ether oxygens (including phenoxy) is 3. The van der Waals surface area contributed by atoms with Crippen LogP contribution in [0.5, 0.6) is 11.5 Å². The summed E-state index contributed by atoms with van der Waals surface area (Å²) in [7, 11) is -8.47. The first-order chi connectivity index (χ1) is 59.2. The van der Waals surface area contributed by atoms with Crippen LogP contribution < -0.4 is 22.6 Å². The Morgan fingerprint density at radius 1 is 0.452 bits per heavy atom. The van der Waals surface area contributed by atoms with Crippen molar-refractivity contribution in [3.63, 3.8) is 0 Å². The van der Waals surface area contributed by atoms with Gasteiger partial charge in [-0.1, -0.05) is 308 Å². The summed E-state index contributed by atoms with van der Waals surface area (Å²) in [5, 5.41) is 18.0. The zero-order valence-electron chi connectivity index (χ0n) is 80.4. The highest BCUT2D eigenvalue weighted by Gasteiger charge is 2.31. The normalized spacial score (nSPS) is 13.8. The van der Waals surface area contributed by atoms with E-state index in [0.717, 1.165) is 74.7 Å². The van der Waals surface area contributed by atoms with Crippen molar-refractivity contribution in [1.82, 2.24) is 0 Å². The molecule has 10 rings (SSSR count). The molecular weight excluding hydrogens is 1740 g/mol. The Morgan fingerprint density at radius 2 is 0.786 bits per heavy atom. The molecule has 126 heavy (non-hydrogen) atoms. The Hall–Kier alpha value is -8.11. The fourth-order valence-corrected chi connectivity index (χ4v) is 13.6. The van der Waals surface area contributed by atoms with Gasteiger partial charge in [-0.15, -0.1) is 0 Å². The molecular formula is C108H155IO14S3. The molecule has 0 heterocycles. The summed E-state index contributed by atoms with van der Waals surface area (Å²) in [6.45, 7) is 50.2. The van der Waals surface area contributed by atoms with E-state index in [-0.39, 0.29) is 40.4 Å². The van der Waals surface area contributed by atoms with Gasteiger partial charge in [0.2, 0.25) is 0 Å². The molecule has 8 atom stereocenters. The molecule has 696 valence electrons. The predicted molar refractivity (Wildman–Crippen MR) is 523 cm³/mol. The number of hydrogen-bond donors (Lipinski definition) is 2. The highest BCUT2D eigenvalue weighted by atomic mass is 127. The Kier molecular flexibility index (Phi) is 56.5. The summed E-state index contributed by atoms with van der Waals surface area (Å²) in [5.41, 5.74) is 12.5. The van der Waals surface area contributed by atoms with E-state index in [0.29, 0.717) is 70.5 Å². The summed E-state index contributed by atoms with van der Waals surface area (Å²) in [4.78, 5) is 35.8. The van der Waals surface area contributed by atoms with Gasteiger partial charge in [-0.25, -0.2) is 26.4 Å². The van der Waals surface area contributed by atoms with Crippen LogP contribution in [0.15, 0.2) is 240 Å². The molecule has 1 saturated carbocycles. The average molecular weight is 1900 g/mol. The number of phenolic OH excluding ortho intramolecular Hbond substituents is 2. The van der Waals surface area contributed by atoms with Gasteiger partial charge >= 0.3 is 17.9 Å². The number of phenols is 2. The summed E-state index contributed by atoms with van der Waals surface area (Å²) < 4.78 is 80.5. The Bertz CT molecular complexity index is 4510. The number of carbonyl (C=O) groups excluding carboxylic acids is 3. The summed E-state index contributed by atoms with van der Waals surface area (Å²) in [5.74, 6) is 3.05. The number of esters is 3. The van der Waals surface area contributed by atoms with Crippen LogP contribution in [0, 0.1) is 16.4 Å². The molecule has 0 saturated heterocycles. The molecule has 0 aromatic heterocycles. The van der Waals surface area contributed by atoms with E-state index in [4.69, 9.17) is 24.4 Å². The third-order valence-corrected chi connectivity index (χ3v) is 25.6. The SMILES string of the molecule is CC(C)(C)c1ccc([IH+])cc1.CCC(C)C(=O)OCC(=O)OC(C)(C)CC.CCC(C)c1ccc(C(=O)OC2(C)CCCCC2)cc1.CCC(C)c1ccc(C)cc1.CCC(C)c1ccc(CS(=O)(=O)[O-])cc1.CCC(C)c1ccc(O)cc1.CCC(C)c1ccc(O)cc1.CCC(C)c1ccc(S(=O)(=O)[O-])cc1.CCC(C)c1ccccc1.[SH2+]c1ccccc1. The van der Waals surface area contributed by atoms with Crippen LogP contribution in [0.25, 0.3) is 0 Å². The van der Waals surface area contributed by atoms with Crippen molar-refractivity contribution in [2.45, 2.75) is 330 Å². The van der Waals surface area contributed by atoms with Crippen LogP contribution in [0.3, 0.4) is 0 Å². The lowest BCUT2D eigenvalue weighted by Gasteiger charge is -2.33. The standard InChI is InChI=1S/C18H26O2.C12H22O4.C11H16O3S.C11H16.C10H14I.C10H14O3S.2C10H14O.C10H14.C6H6S/c1-4-14(2)15-8-10-16(11-9-15)17(19)20-18(3)12-6-5-7-13-18;1-6-9(3)11(14)15-8-10(13)16-12(4,5)7-2;1-3-9(2)11-6-4-10(5-7-11)8-15(12,13)14;1-4-10(3)11-7-5-9(2)6-8-11;1-10(2,3)8-4-6-9(11)7-5-8;1-3-8(2)9-4-6-10(7-5-9)14(11,12)13;2*1-3-8(2)9-4-6-10(11)7-5-9;1-3-9(2)10-7-5-4-6-8-10;7-6-4-2-1-3-5-6/h8-11,14H,4-7,12-13H2,1-3H3;9H,6-8H2,1-5H3;4-7,9H,3,8H2,1-2H3,(H,12,13,14);5-8,10H,4H2,1-3H3;4-7,11H,1-3H3;4-8H,3H2,1-2H3,(H,11,12,13);2*4-8,11H,3H2,1-2H3;4-9H,3H2,1-2H3;1-5,7H/q;;;;+1;;;;;/p-1. The molecule has 0 radical (unpaired) electrons. The molecule has 2 N–H and O–H groups in total. The van der Waals surface area contributed by atoms with Crippen molar-refractivity contribution in [2.24, 2.45) is 5.92 Å². The zero-order valence-corrected chi connectivity index (χ0v) is 85.4. The van der Waals surface area contributed by atoms with Crippen molar-refractivity contribution in [3.05, 3.63) is 295 Å². The first-order valence-electron chi connectivity index (χ1n) is 45.2. The van der Waals surface area contributed by atoms with E-state index in [2.05, 4.69) is 223 Å². The average Bonchev–Trinajstić information content (AvgIpc) is 0.464. The molecule has 1 fully saturated rings. The van der Waals surface area contributed by atoms with Crippen LogP contribution in [0.4, 0.5) is 0 Å². The largest absolute Gasteiger partial charge is 0.748 e. The van der Waals surface area contributed by atoms with Gasteiger partial charge in [-0.05, 0) is 294 Å². The van der Waals surface area contributed by atoms with Crippen LogP contribution in [0.1, 0.15) is 357 Å². The molecule has 9 aromatic carbocycles. The predicted octanol–water partition coefficient (Wildman–Crippen LogP) is 24.8. The summed E-state index contributed by atoms with van der Waals surface area (Å²) >= 11 is 5.41. The van der Waals surface area contributed by atoms with Crippen LogP contribution in [0.2, 0.25) is 0 Å². The summed E-state index contributed by atoms with van der Waals surface area (Å²) in [6, 6.07) is 74.2. The molecule has 0 spiro atoms. The van der Waals surface area contributed by atoms with E-state index < -0.39 is 37.6 Å². The Morgan fingerprint density at radius 3 is 1.10 bits per heavy atom. The number of carbonyl (C=O) groups is 3. The first-order valence-corrected chi connectivity index (χ1v) is 49.9. The number of aromatic hydroxyl groups is 2. The lowest BCUT2D eigenvalue weighted by atomic mass is 9.86. The Balaban J connectivity index is 0.000000707. The minimum atomic E-state index is -4.30. The molecule has 8 unspecified atom stereocenters. The number of halogens is 1. The molecule has 1 aliphatic rings. The van der Waals surface area contributed by atoms with Gasteiger partial charge in [0.1, 0.15) is 37.7 Å². The van der Waals surface area contributed by atoms with Crippen LogP contribution >= 0.6 is 0 Å². The second-order valence-corrected chi connectivity index (χ2v) is 39.5. The fourth-order valence-electron chi connectivity index (χ4n) is 11.9. The highest BCUT2D eigenvalue weighted by molar-refractivity contribution is 7.85. The maximum Gasteiger partial charge on any atom is 0.344 e. The van der Waals surface area contributed by atoms with E-state index in [9.17, 15) is 40.3 Å². The maximum absolute atomic E-state index is 12.2. The molecule has 0 aliphatic heterocycles. The monoisotopic (exact) mass is 1900 g/mol. The van der Waals surface area contributed by atoms with E-state index in [1.54, 1.807) is 55.5 Å². The smallest absolute Gasteiger partial charge is 0.344 e. The van der Waals surface area contributed by atoms with Crippen LogP contribution in [-0.2, 0) is 67.8 Å². The highest BCUT2D eigenvalue weighted by Crippen LogP contribution is 2.33. The maximum atomic E-state index is 12.2. The van der Waals surface area contributed by atoms with Gasteiger partial charge < -0.3 is 33.5 Å². The molecule has 0 bridgehead atoms. The third kappa shape index (κ3) is 50.0. The van der Waals surface area contributed by atoms with Gasteiger partial charge in [-0.3, -0.25) is 4.79 Å². The quantitative estimate of drug-likeness (QED) is 0.0178. The van der Waals surface area contributed by atoms with Crippen molar-refractivity contribution >= 4 is 50.8 Å². The Labute approximate surface area is 781 Å². The van der Waals surface area contributed by atoms with Crippen molar-refractivity contribution in [1.29, 1.82) is 0 Å². The van der Waals surface area contributed by atoms with Gasteiger partial charge in [0.25, 0.3) is 22.6 Å². The van der Waals surface area contributed by atoms with Crippen LogP contribution in [-0.4, -0.2) is 71.9 Å². The second kappa shape index (κ2) is 61.4. The lowest BCUT2D eigenvalue weighted by molar-refractivity contribution is -0.328. The first kappa shape index (κ1) is 116. The molecule has 18 heteroatoms. The molecule has 9 aromatic rings. The number of benzene rings is 9. The number of rotatable bonds is 25. The minimum absolute atomic E-state index is 0.162. The number of hydrogen-bond acceptors (Lipinski definition) is 14. The summed E-state index contributed by atoms with van der Waals surface area (Å²) in [6.07, 6.45) is 14.9.